The standard InChI is InChI=1S/C9H12FN3O4S/c10-6-1-2-8(7(11)5-6)18(15,16)13-3-4-17-9(12)14/h1-2,5,13H,3-4,11H2,(H2,12,14). The van der Waals surface area contributed by atoms with Crippen molar-refractivity contribution in [1.82, 2.24) is 4.72 Å². The summed E-state index contributed by atoms with van der Waals surface area (Å²) in [5, 5.41) is 0. The van der Waals surface area contributed by atoms with Crippen LogP contribution >= 0.6 is 0 Å². The summed E-state index contributed by atoms with van der Waals surface area (Å²) in [6, 6.07) is 2.92. The molecule has 100 valence electrons. The average molecular weight is 277 g/mol. The van der Waals surface area contributed by atoms with Crippen molar-refractivity contribution < 1.29 is 22.3 Å². The topological polar surface area (TPSA) is 125 Å². The number of anilines is 1. The second kappa shape index (κ2) is 5.65. The number of sulfonamides is 1. The molecule has 5 N–H and O–H groups in total. The molecule has 0 saturated carbocycles. The van der Waals surface area contributed by atoms with Gasteiger partial charge in [0.1, 0.15) is 17.3 Å². The first-order chi connectivity index (χ1) is 8.33. The monoisotopic (exact) mass is 277 g/mol. The summed E-state index contributed by atoms with van der Waals surface area (Å²) in [5.74, 6) is -0.636. The molecule has 0 atom stereocenters. The van der Waals surface area contributed by atoms with Gasteiger partial charge in [-0.1, -0.05) is 0 Å². The van der Waals surface area contributed by atoms with Crippen molar-refractivity contribution in [3.05, 3.63) is 24.0 Å². The molecule has 0 heterocycles. The quantitative estimate of drug-likeness (QED) is 0.507. The smallest absolute Gasteiger partial charge is 0.404 e. The van der Waals surface area contributed by atoms with Gasteiger partial charge in [-0.3, -0.25) is 0 Å². The molecule has 0 unspecified atom stereocenters. The van der Waals surface area contributed by atoms with Gasteiger partial charge < -0.3 is 16.2 Å². The van der Waals surface area contributed by atoms with E-state index in [1.54, 1.807) is 0 Å². The van der Waals surface area contributed by atoms with Crippen molar-refractivity contribution in [1.29, 1.82) is 0 Å². The lowest BCUT2D eigenvalue weighted by Crippen LogP contribution is -2.29. The first kappa shape index (κ1) is 14.2. The number of halogens is 1. The lowest BCUT2D eigenvalue weighted by Gasteiger charge is -2.08. The third-order valence-electron chi connectivity index (χ3n) is 1.90. The Hall–Kier alpha value is -1.87. The lowest BCUT2D eigenvalue weighted by molar-refractivity contribution is 0.159. The SMILES string of the molecule is NC(=O)OCCNS(=O)(=O)c1ccc(F)cc1N. The summed E-state index contributed by atoms with van der Waals surface area (Å²) in [7, 11) is -3.88. The molecule has 0 aliphatic rings. The molecule has 18 heavy (non-hydrogen) atoms. The van der Waals surface area contributed by atoms with Gasteiger partial charge >= 0.3 is 6.09 Å². The second-order valence-corrected chi connectivity index (χ2v) is 4.98. The van der Waals surface area contributed by atoms with Gasteiger partial charge in [-0.05, 0) is 18.2 Å². The largest absolute Gasteiger partial charge is 0.448 e. The molecule has 9 heteroatoms. The van der Waals surface area contributed by atoms with E-state index in [9.17, 15) is 17.6 Å². The van der Waals surface area contributed by atoms with E-state index in [0.717, 1.165) is 18.2 Å². The second-order valence-electron chi connectivity index (χ2n) is 3.25. The van der Waals surface area contributed by atoms with E-state index in [1.165, 1.54) is 0 Å². The Bertz CT molecular complexity index is 547. The molecule has 0 spiro atoms. The van der Waals surface area contributed by atoms with E-state index < -0.39 is 21.9 Å². The van der Waals surface area contributed by atoms with Crippen LogP contribution in [0.3, 0.4) is 0 Å². The van der Waals surface area contributed by atoms with Gasteiger partial charge in [0, 0.05) is 6.54 Å². The number of benzene rings is 1. The average Bonchev–Trinajstić information content (AvgIpc) is 2.23. The molecule has 0 aliphatic carbocycles. The first-order valence-electron chi connectivity index (χ1n) is 4.80. The van der Waals surface area contributed by atoms with Crippen LogP contribution < -0.4 is 16.2 Å². The van der Waals surface area contributed by atoms with Crippen LogP contribution in [0.15, 0.2) is 23.1 Å². The molecule has 0 aromatic heterocycles. The normalized spacial score (nSPS) is 11.2. The Morgan fingerprint density at radius 3 is 2.67 bits per heavy atom. The maximum atomic E-state index is 12.8. The van der Waals surface area contributed by atoms with Crippen molar-refractivity contribution in [3.8, 4) is 0 Å². The number of hydrogen-bond acceptors (Lipinski definition) is 5. The number of nitrogens with one attached hydrogen (secondary N) is 1. The molecule has 0 saturated heterocycles. The van der Waals surface area contributed by atoms with Gasteiger partial charge in [-0.25, -0.2) is 22.3 Å². The minimum Gasteiger partial charge on any atom is -0.448 e. The number of primary amides is 1. The number of nitrogens with two attached hydrogens (primary N) is 2. The Morgan fingerprint density at radius 1 is 1.44 bits per heavy atom. The number of amides is 1. The maximum Gasteiger partial charge on any atom is 0.404 e. The van der Waals surface area contributed by atoms with Crippen LogP contribution in [0, 0.1) is 5.82 Å². The minimum atomic E-state index is -3.88. The van der Waals surface area contributed by atoms with Crippen molar-refractivity contribution in [2.24, 2.45) is 5.73 Å². The van der Waals surface area contributed by atoms with Gasteiger partial charge in [-0.15, -0.1) is 0 Å². The van der Waals surface area contributed by atoms with Crippen LogP contribution in [0.4, 0.5) is 14.9 Å². The van der Waals surface area contributed by atoms with Gasteiger partial charge in [0.2, 0.25) is 10.0 Å². The van der Waals surface area contributed by atoms with Crippen LogP contribution in [0.2, 0.25) is 0 Å². The van der Waals surface area contributed by atoms with Gasteiger partial charge in [0.25, 0.3) is 0 Å². The van der Waals surface area contributed by atoms with Crippen molar-refractivity contribution >= 4 is 21.8 Å². The molecule has 7 nitrogen and oxygen atoms in total. The summed E-state index contributed by atoms with van der Waals surface area (Å²) in [4.78, 5) is 10.00. The third kappa shape index (κ3) is 3.86. The molecule has 0 fully saturated rings. The van der Waals surface area contributed by atoms with Crippen LogP contribution in [-0.4, -0.2) is 27.7 Å². The summed E-state index contributed by atoms with van der Waals surface area (Å²) in [5.41, 5.74) is 9.88. The van der Waals surface area contributed by atoms with E-state index in [2.05, 4.69) is 9.46 Å². The van der Waals surface area contributed by atoms with Crippen LogP contribution in [0.5, 0.6) is 0 Å². The summed E-state index contributed by atoms with van der Waals surface area (Å²) in [6.07, 6.45) is -1.00. The Labute approximate surface area is 103 Å². The Kier molecular flexibility index (Phi) is 4.45. The highest BCUT2D eigenvalue weighted by Gasteiger charge is 2.17. The number of carbonyl (C=O) groups is 1. The number of carbonyl (C=O) groups excluding carboxylic acids is 1. The predicted molar refractivity (Wildman–Crippen MR) is 61.5 cm³/mol. The van der Waals surface area contributed by atoms with Crippen LogP contribution in [-0.2, 0) is 14.8 Å². The van der Waals surface area contributed by atoms with Gasteiger partial charge in [0.15, 0.2) is 0 Å². The Morgan fingerprint density at radius 2 is 2.11 bits per heavy atom. The first-order valence-corrected chi connectivity index (χ1v) is 6.28. The van der Waals surface area contributed by atoms with Gasteiger partial charge in [0.05, 0.1) is 5.69 Å². The van der Waals surface area contributed by atoms with E-state index in [-0.39, 0.29) is 23.7 Å². The summed E-state index contributed by atoms with van der Waals surface area (Å²) >= 11 is 0. The summed E-state index contributed by atoms with van der Waals surface area (Å²) < 4.78 is 42.7. The number of rotatable bonds is 5. The minimum absolute atomic E-state index is 0.165. The molecule has 0 aliphatic heterocycles. The van der Waals surface area contributed by atoms with Crippen LogP contribution in [0.1, 0.15) is 0 Å². The number of nitrogen functional groups attached to an aromatic ring is 1. The number of ether oxygens (including phenoxy) is 1. The highest BCUT2D eigenvalue weighted by molar-refractivity contribution is 7.89. The fourth-order valence-electron chi connectivity index (χ4n) is 1.17. The molecule has 1 aromatic carbocycles. The van der Waals surface area contributed by atoms with Crippen LogP contribution in [0.25, 0.3) is 0 Å². The fourth-order valence-corrected chi connectivity index (χ4v) is 2.29. The molecule has 0 bridgehead atoms. The van der Waals surface area contributed by atoms with E-state index >= 15 is 0 Å². The van der Waals surface area contributed by atoms with Gasteiger partial charge in [-0.2, -0.15) is 0 Å². The predicted octanol–water partition coefficient (Wildman–Crippen LogP) is -0.218. The molecular weight excluding hydrogens is 265 g/mol. The maximum absolute atomic E-state index is 12.8. The lowest BCUT2D eigenvalue weighted by atomic mass is 10.3. The zero-order valence-electron chi connectivity index (χ0n) is 9.22. The molecule has 1 rings (SSSR count). The molecule has 1 aromatic rings. The van der Waals surface area contributed by atoms with E-state index in [4.69, 9.17) is 11.5 Å². The highest BCUT2D eigenvalue weighted by Crippen LogP contribution is 2.18. The molecular formula is C9H12FN3O4S. The molecule has 1 amide bonds. The van der Waals surface area contributed by atoms with Crippen molar-refractivity contribution in [2.75, 3.05) is 18.9 Å². The zero-order chi connectivity index (χ0) is 13.8. The zero-order valence-corrected chi connectivity index (χ0v) is 10.0. The molecule has 0 radical (unpaired) electrons. The van der Waals surface area contributed by atoms with E-state index in [0.29, 0.717) is 0 Å². The van der Waals surface area contributed by atoms with Crippen molar-refractivity contribution in [3.63, 3.8) is 0 Å². The Balaban J connectivity index is 2.71. The highest BCUT2D eigenvalue weighted by atomic mass is 32.2. The summed E-state index contributed by atoms with van der Waals surface area (Å²) in [6.45, 7) is -0.377. The van der Waals surface area contributed by atoms with E-state index in [1.807, 2.05) is 0 Å². The number of hydrogen-bond donors (Lipinski definition) is 3. The van der Waals surface area contributed by atoms with Crippen molar-refractivity contribution in [2.45, 2.75) is 4.90 Å². The fraction of sp³-hybridized carbons (Fsp3) is 0.222. The third-order valence-corrected chi connectivity index (χ3v) is 3.43.